The molecule has 0 bridgehead atoms. The largest absolute Gasteiger partial charge is 0.480 e. The maximum atomic E-state index is 12.1. The number of nitrogens with zero attached hydrogens (tertiary/aromatic N) is 4. The molecular weight excluding hydrogens is 464 g/mol. The molecule has 13 heteroatoms. The third kappa shape index (κ3) is 13.2. The van der Waals surface area contributed by atoms with E-state index in [1.165, 1.54) is 0 Å². The van der Waals surface area contributed by atoms with Gasteiger partial charge >= 0.3 is 23.9 Å². The molecule has 1 rings (SSSR count). The average molecular weight is 503 g/mol. The fourth-order valence-electron chi connectivity index (χ4n) is 4.08. The van der Waals surface area contributed by atoms with Crippen molar-refractivity contribution >= 4 is 29.7 Å². The minimum absolute atomic E-state index is 0.0216. The van der Waals surface area contributed by atoms with E-state index in [2.05, 4.69) is 0 Å². The lowest BCUT2D eigenvalue weighted by molar-refractivity contribution is -0.145. The lowest BCUT2D eigenvalue weighted by Crippen LogP contribution is -2.51. The van der Waals surface area contributed by atoms with Gasteiger partial charge in [-0.1, -0.05) is 6.92 Å². The van der Waals surface area contributed by atoms with Crippen LogP contribution >= 0.6 is 0 Å². The molecule has 0 unspecified atom stereocenters. The van der Waals surface area contributed by atoms with Crippen molar-refractivity contribution in [1.29, 1.82) is 0 Å². The van der Waals surface area contributed by atoms with Gasteiger partial charge in [0.25, 0.3) is 0 Å². The first-order chi connectivity index (χ1) is 16.5. The quantitative estimate of drug-likeness (QED) is 0.243. The summed E-state index contributed by atoms with van der Waals surface area (Å²) >= 11 is 0. The Bertz CT molecular complexity index is 702. The maximum Gasteiger partial charge on any atom is 0.320 e. The molecule has 1 atom stereocenters. The van der Waals surface area contributed by atoms with Crippen molar-refractivity contribution < 1.29 is 44.4 Å². The second-order valence-electron chi connectivity index (χ2n) is 8.73. The number of carbonyl (C=O) groups excluding carboxylic acids is 1. The Morgan fingerprint density at radius 3 is 1.31 bits per heavy atom. The molecule has 0 aliphatic carbocycles. The molecule has 1 aliphatic rings. The lowest BCUT2D eigenvalue weighted by Gasteiger charge is -2.35. The molecule has 0 radical (unpaired) electrons. The van der Waals surface area contributed by atoms with Crippen LogP contribution < -0.4 is 0 Å². The zero-order valence-electron chi connectivity index (χ0n) is 20.3. The SMILES string of the molecule is CCCC(=O)CC[C@H](C(=O)O)N1CCN(CC(=O)O)CCN(CC(=O)O)CCN(CC(=O)O)CC1. The summed E-state index contributed by atoms with van der Waals surface area (Å²) < 4.78 is 0. The molecule has 200 valence electrons. The van der Waals surface area contributed by atoms with E-state index in [-0.39, 0.29) is 90.6 Å². The van der Waals surface area contributed by atoms with Gasteiger partial charge in [0, 0.05) is 65.2 Å². The summed E-state index contributed by atoms with van der Waals surface area (Å²) in [6, 6.07) is -0.972. The van der Waals surface area contributed by atoms with E-state index >= 15 is 0 Å². The van der Waals surface area contributed by atoms with E-state index in [4.69, 9.17) is 0 Å². The maximum absolute atomic E-state index is 12.1. The molecule has 0 aromatic rings. The van der Waals surface area contributed by atoms with Crippen LogP contribution in [0.4, 0.5) is 0 Å². The molecule has 4 N–H and O–H groups in total. The Hall–Kier alpha value is -2.61. The summed E-state index contributed by atoms with van der Waals surface area (Å²) in [7, 11) is 0. The lowest BCUT2D eigenvalue weighted by atomic mass is 10.0. The Labute approximate surface area is 204 Å². The Kier molecular flexibility index (Phi) is 14.0. The number of carboxylic acids is 4. The molecule has 1 aliphatic heterocycles. The summed E-state index contributed by atoms with van der Waals surface area (Å²) in [5.41, 5.74) is 0. The van der Waals surface area contributed by atoms with Crippen LogP contribution in [-0.4, -0.2) is 148 Å². The Morgan fingerprint density at radius 2 is 1.00 bits per heavy atom. The summed E-state index contributed by atoms with van der Waals surface area (Å²) in [5.74, 6) is -4.27. The standard InChI is InChI=1S/C22H38N4O9/c1-2-3-17(27)4-5-18(22(34)35)26-12-10-24(15-20(30)31)8-6-23(14-19(28)29)7-9-25(11-13-26)16-21(32)33/h18H,2-16H2,1H3,(H,28,29)(H,30,31)(H,32,33)(H,34,35)/t18-/m1/s1. The van der Waals surface area contributed by atoms with E-state index in [0.29, 0.717) is 12.8 Å². The zero-order valence-corrected chi connectivity index (χ0v) is 20.3. The monoisotopic (exact) mass is 502 g/mol. The van der Waals surface area contributed by atoms with Crippen molar-refractivity contribution in [3.05, 3.63) is 0 Å². The van der Waals surface area contributed by atoms with Crippen LogP contribution in [0.2, 0.25) is 0 Å². The second kappa shape index (κ2) is 16.1. The molecule has 13 nitrogen and oxygen atoms in total. The van der Waals surface area contributed by atoms with Crippen LogP contribution in [0, 0.1) is 0 Å². The number of carbonyl (C=O) groups is 5. The number of rotatable bonds is 13. The third-order valence-corrected chi connectivity index (χ3v) is 5.90. The molecule has 0 amide bonds. The van der Waals surface area contributed by atoms with Crippen LogP contribution in [0.1, 0.15) is 32.6 Å². The first-order valence-electron chi connectivity index (χ1n) is 11.8. The molecule has 0 aromatic heterocycles. The van der Waals surface area contributed by atoms with Crippen LogP contribution in [0.3, 0.4) is 0 Å². The van der Waals surface area contributed by atoms with Gasteiger partial charge in [-0.25, -0.2) is 0 Å². The summed E-state index contributed by atoms with van der Waals surface area (Å²) in [6.07, 6.45) is 1.27. The number of ketones is 1. The number of Topliss-reactive ketones (excluding diaryl/α,β-unsaturated/α-hetero) is 1. The predicted molar refractivity (Wildman–Crippen MR) is 124 cm³/mol. The smallest absolute Gasteiger partial charge is 0.320 e. The van der Waals surface area contributed by atoms with Crippen molar-refractivity contribution in [1.82, 2.24) is 19.6 Å². The van der Waals surface area contributed by atoms with Crippen LogP contribution in [0.15, 0.2) is 0 Å². The minimum atomic E-state index is -1.09. The summed E-state index contributed by atoms with van der Waals surface area (Å²) in [6.45, 7) is 2.89. The van der Waals surface area contributed by atoms with Crippen molar-refractivity contribution in [2.75, 3.05) is 72.0 Å². The highest BCUT2D eigenvalue weighted by Gasteiger charge is 2.28. The van der Waals surface area contributed by atoms with Crippen molar-refractivity contribution in [3.63, 3.8) is 0 Å². The molecule has 0 saturated carbocycles. The minimum Gasteiger partial charge on any atom is -0.480 e. The predicted octanol–water partition coefficient (Wildman–Crippen LogP) is -0.936. The molecule has 1 fully saturated rings. The second-order valence-corrected chi connectivity index (χ2v) is 8.73. The average Bonchev–Trinajstić information content (AvgIpc) is 2.74. The van der Waals surface area contributed by atoms with Gasteiger partial charge in [-0.15, -0.1) is 0 Å². The van der Waals surface area contributed by atoms with E-state index in [1.807, 2.05) is 6.92 Å². The van der Waals surface area contributed by atoms with E-state index in [9.17, 15) is 44.4 Å². The van der Waals surface area contributed by atoms with Gasteiger partial charge in [-0.05, 0) is 12.8 Å². The summed E-state index contributed by atoms with van der Waals surface area (Å²) in [4.78, 5) is 64.6. The number of hydrogen-bond donors (Lipinski definition) is 4. The number of carboxylic acid groups (broad SMARTS) is 4. The molecule has 0 aromatic carbocycles. The number of hydrogen-bond acceptors (Lipinski definition) is 9. The first-order valence-corrected chi connectivity index (χ1v) is 11.8. The number of aliphatic carboxylic acids is 4. The fraction of sp³-hybridized carbons (Fsp3) is 0.773. The molecule has 35 heavy (non-hydrogen) atoms. The topological polar surface area (TPSA) is 179 Å². The highest BCUT2D eigenvalue weighted by molar-refractivity contribution is 5.80. The van der Waals surface area contributed by atoms with Crippen molar-refractivity contribution in [2.24, 2.45) is 0 Å². The van der Waals surface area contributed by atoms with E-state index in [1.54, 1.807) is 19.6 Å². The van der Waals surface area contributed by atoms with Crippen molar-refractivity contribution in [3.8, 4) is 0 Å². The Balaban J connectivity index is 3.10. The molecular formula is C22H38N4O9. The van der Waals surface area contributed by atoms with Gasteiger partial charge in [0.1, 0.15) is 11.8 Å². The van der Waals surface area contributed by atoms with Crippen LogP contribution in [-0.2, 0) is 24.0 Å². The van der Waals surface area contributed by atoms with Gasteiger partial charge < -0.3 is 20.4 Å². The van der Waals surface area contributed by atoms with Crippen LogP contribution in [0.25, 0.3) is 0 Å². The zero-order chi connectivity index (χ0) is 26.4. The highest BCUT2D eigenvalue weighted by Crippen LogP contribution is 2.12. The van der Waals surface area contributed by atoms with Gasteiger partial charge in [0.15, 0.2) is 0 Å². The third-order valence-electron chi connectivity index (χ3n) is 5.90. The van der Waals surface area contributed by atoms with Crippen LogP contribution in [0.5, 0.6) is 0 Å². The van der Waals surface area contributed by atoms with Crippen molar-refractivity contribution in [2.45, 2.75) is 38.6 Å². The van der Waals surface area contributed by atoms with Gasteiger partial charge in [-0.2, -0.15) is 0 Å². The molecule has 1 saturated heterocycles. The first kappa shape index (κ1) is 30.4. The molecule has 1 heterocycles. The van der Waals surface area contributed by atoms with Gasteiger partial charge in [0.2, 0.25) is 0 Å². The Morgan fingerprint density at radius 1 is 0.629 bits per heavy atom. The normalized spacial score (nSPS) is 18.8. The van der Waals surface area contributed by atoms with E-state index < -0.39 is 29.9 Å². The fourth-order valence-corrected chi connectivity index (χ4v) is 4.08. The highest BCUT2D eigenvalue weighted by atomic mass is 16.4. The summed E-state index contributed by atoms with van der Waals surface area (Å²) in [5, 5.41) is 37.6. The van der Waals surface area contributed by atoms with E-state index in [0.717, 1.165) is 0 Å². The molecule has 0 spiro atoms. The van der Waals surface area contributed by atoms with Gasteiger partial charge in [0.05, 0.1) is 19.6 Å². The van der Waals surface area contributed by atoms with Gasteiger partial charge in [-0.3, -0.25) is 43.6 Å².